The fourth-order valence-corrected chi connectivity index (χ4v) is 1.47. The van der Waals surface area contributed by atoms with E-state index < -0.39 is 0 Å². The van der Waals surface area contributed by atoms with E-state index in [1.807, 2.05) is 11.8 Å². The Morgan fingerprint density at radius 3 is 2.42 bits per heavy atom. The first-order valence-electron chi connectivity index (χ1n) is 4.48. The van der Waals surface area contributed by atoms with Gasteiger partial charge in [0.25, 0.3) is 0 Å². The van der Waals surface area contributed by atoms with Gasteiger partial charge in [-0.25, -0.2) is 0 Å². The molecule has 0 fully saturated rings. The van der Waals surface area contributed by atoms with Crippen molar-refractivity contribution in [1.29, 1.82) is 0 Å². The molecular weight excluding hydrogens is 170 g/mol. The Balaban J connectivity index is 3.01. The molecule has 0 aromatic heterocycles. The minimum atomic E-state index is 0.00836. The Morgan fingerprint density at radius 1 is 1.25 bits per heavy atom. The van der Waals surface area contributed by atoms with Gasteiger partial charge in [-0.3, -0.25) is 0 Å². The second kappa shape index (κ2) is 6.75. The number of hydrogen-bond acceptors (Lipinski definition) is 3. The van der Waals surface area contributed by atoms with Gasteiger partial charge in [0, 0.05) is 5.75 Å². The lowest BCUT2D eigenvalue weighted by molar-refractivity contribution is 0.00695. The van der Waals surface area contributed by atoms with Crippen molar-refractivity contribution in [3.05, 3.63) is 0 Å². The van der Waals surface area contributed by atoms with Gasteiger partial charge in [0.1, 0.15) is 0 Å². The second-order valence-corrected chi connectivity index (χ2v) is 4.94. The summed E-state index contributed by atoms with van der Waals surface area (Å²) in [6.07, 6.45) is 1.11. The van der Waals surface area contributed by atoms with E-state index in [-0.39, 0.29) is 5.60 Å². The first kappa shape index (κ1) is 12.3. The molecule has 0 spiro atoms. The van der Waals surface area contributed by atoms with E-state index in [0.29, 0.717) is 0 Å². The Kier molecular flexibility index (Phi) is 6.90. The number of rotatable bonds is 6. The van der Waals surface area contributed by atoms with Gasteiger partial charge < -0.3 is 10.5 Å². The van der Waals surface area contributed by atoms with Crippen molar-refractivity contribution in [2.24, 2.45) is 5.73 Å². The molecule has 0 heterocycles. The van der Waals surface area contributed by atoms with E-state index in [4.69, 9.17) is 10.5 Å². The Morgan fingerprint density at radius 2 is 1.92 bits per heavy atom. The zero-order chi connectivity index (χ0) is 9.45. The summed E-state index contributed by atoms with van der Waals surface area (Å²) in [7, 11) is 0. The summed E-state index contributed by atoms with van der Waals surface area (Å²) in [5.74, 6) is 2.24. The Hall–Kier alpha value is 0.270. The zero-order valence-electron chi connectivity index (χ0n) is 8.43. The third-order valence-corrected chi connectivity index (χ3v) is 2.29. The van der Waals surface area contributed by atoms with Crippen LogP contribution in [0.2, 0.25) is 0 Å². The van der Waals surface area contributed by atoms with E-state index in [0.717, 1.165) is 31.1 Å². The normalized spacial score (nSPS) is 12.0. The maximum atomic E-state index is 5.56. The highest BCUT2D eigenvalue weighted by Gasteiger charge is 2.08. The fraction of sp³-hybridized carbons (Fsp3) is 1.00. The first-order valence-corrected chi connectivity index (χ1v) is 5.63. The van der Waals surface area contributed by atoms with E-state index in [9.17, 15) is 0 Å². The van der Waals surface area contributed by atoms with Crippen LogP contribution in [0.25, 0.3) is 0 Å². The smallest absolute Gasteiger partial charge is 0.0598 e. The Bertz CT molecular complexity index is 101. The maximum absolute atomic E-state index is 5.56. The molecule has 0 rings (SSSR count). The van der Waals surface area contributed by atoms with Gasteiger partial charge >= 0.3 is 0 Å². The third kappa shape index (κ3) is 10.3. The molecule has 3 heteroatoms. The maximum Gasteiger partial charge on any atom is 0.0598 e. The van der Waals surface area contributed by atoms with Gasteiger partial charge in [-0.1, -0.05) is 0 Å². The van der Waals surface area contributed by atoms with E-state index in [2.05, 4.69) is 20.8 Å². The molecule has 12 heavy (non-hydrogen) atoms. The van der Waals surface area contributed by atoms with Crippen LogP contribution >= 0.6 is 11.8 Å². The highest BCUT2D eigenvalue weighted by molar-refractivity contribution is 7.99. The van der Waals surface area contributed by atoms with Gasteiger partial charge in [0.15, 0.2) is 0 Å². The van der Waals surface area contributed by atoms with Crippen LogP contribution in [0.4, 0.5) is 0 Å². The minimum absolute atomic E-state index is 0.00836. The minimum Gasteiger partial charge on any atom is -0.375 e. The summed E-state index contributed by atoms with van der Waals surface area (Å²) in [5, 5.41) is 0. The molecule has 74 valence electrons. The van der Waals surface area contributed by atoms with Crippen molar-refractivity contribution in [3.8, 4) is 0 Å². The number of nitrogens with two attached hydrogens (primary N) is 1. The lowest BCUT2D eigenvalue weighted by atomic mass is 10.2. The molecule has 0 saturated heterocycles. The standard InChI is InChI=1S/C9H21NOS/c1-9(2,3)11-6-8-12-7-4-5-10/h4-8,10H2,1-3H3. The fourth-order valence-electron chi connectivity index (χ4n) is 0.694. The quantitative estimate of drug-likeness (QED) is 0.651. The molecule has 2 N–H and O–H groups in total. The van der Waals surface area contributed by atoms with Gasteiger partial charge in [0.05, 0.1) is 12.2 Å². The van der Waals surface area contributed by atoms with Crippen molar-refractivity contribution < 1.29 is 4.74 Å². The zero-order valence-corrected chi connectivity index (χ0v) is 9.25. The molecule has 2 nitrogen and oxygen atoms in total. The Labute approximate surface area is 80.2 Å². The number of hydrogen-bond donors (Lipinski definition) is 1. The van der Waals surface area contributed by atoms with Crippen LogP contribution in [0.15, 0.2) is 0 Å². The van der Waals surface area contributed by atoms with Crippen molar-refractivity contribution in [3.63, 3.8) is 0 Å². The molecule has 0 aliphatic carbocycles. The molecule has 0 aliphatic heterocycles. The van der Waals surface area contributed by atoms with Crippen LogP contribution in [0.5, 0.6) is 0 Å². The highest BCUT2D eigenvalue weighted by Crippen LogP contribution is 2.08. The lowest BCUT2D eigenvalue weighted by Crippen LogP contribution is -2.20. The van der Waals surface area contributed by atoms with E-state index in [1.54, 1.807) is 0 Å². The largest absolute Gasteiger partial charge is 0.375 e. The molecule has 0 amide bonds. The van der Waals surface area contributed by atoms with Crippen LogP contribution in [-0.2, 0) is 4.74 Å². The van der Waals surface area contributed by atoms with Crippen molar-refractivity contribution in [1.82, 2.24) is 0 Å². The lowest BCUT2D eigenvalue weighted by Gasteiger charge is -2.19. The van der Waals surface area contributed by atoms with Crippen molar-refractivity contribution >= 4 is 11.8 Å². The van der Waals surface area contributed by atoms with Crippen LogP contribution in [0.3, 0.4) is 0 Å². The van der Waals surface area contributed by atoms with Gasteiger partial charge in [-0.05, 0) is 39.5 Å². The van der Waals surface area contributed by atoms with Crippen LogP contribution in [0, 0.1) is 0 Å². The molecule has 0 saturated carbocycles. The van der Waals surface area contributed by atoms with Gasteiger partial charge in [-0.2, -0.15) is 11.8 Å². The molecular formula is C9H21NOS. The molecule has 0 aromatic carbocycles. The molecule has 0 bridgehead atoms. The predicted octanol–water partition coefficient (Wildman–Crippen LogP) is 1.88. The second-order valence-electron chi connectivity index (χ2n) is 3.72. The summed E-state index contributed by atoms with van der Waals surface area (Å²) in [4.78, 5) is 0. The highest BCUT2D eigenvalue weighted by atomic mass is 32.2. The van der Waals surface area contributed by atoms with Gasteiger partial charge in [0.2, 0.25) is 0 Å². The summed E-state index contributed by atoms with van der Waals surface area (Å²) in [6.45, 7) is 7.89. The summed E-state index contributed by atoms with van der Waals surface area (Å²) in [6, 6.07) is 0. The third-order valence-electron chi connectivity index (χ3n) is 1.26. The molecule has 0 aromatic rings. The van der Waals surface area contributed by atoms with E-state index >= 15 is 0 Å². The number of thioether (sulfide) groups is 1. The summed E-state index contributed by atoms with van der Waals surface area (Å²) < 4.78 is 5.56. The summed E-state index contributed by atoms with van der Waals surface area (Å²) in [5.41, 5.74) is 5.38. The molecule has 0 radical (unpaired) electrons. The van der Waals surface area contributed by atoms with Crippen LogP contribution in [-0.4, -0.2) is 30.3 Å². The van der Waals surface area contributed by atoms with E-state index in [1.165, 1.54) is 0 Å². The molecule has 0 aliphatic rings. The van der Waals surface area contributed by atoms with Crippen LogP contribution < -0.4 is 5.73 Å². The number of ether oxygens (including phenoxy) is 1. The predicted molar refractivity (Wildman–Crippen MR) is 56.7 cm³/mol. The van der Waals surface area contributed by atoms with Crippen molar-refractivity contribution in [2.75, 3.05) is 24.7 Å². The average molecular weight is 191 g/mol. The van der Waals surface area contributed by atoms with Crippen molar-refractivity contribution in [2.45, 2.75) is 32.8 Å². The SMILES string of the molecule is CC(C)(C)OCCSCCCN. The summed E-state index contributed by atoms with van der Waals surface area (Å²) >= 11 is 1.91. The monoisotopic (exact) mass is 191 g/mol. The first-order chi connectivity index (χ1) is 5.56. The molecule has 0 unspecified atom stereocenters. The van der Waals surface area contributed by atoms with Crippen LogP contribution in [0.1, 0.15) is 27.2 Å². The topological polar surface area (TPSA) is 35.2 Å². The molecule has 0 atom stereocenters. The average Bonchev–Trinajstić information content (AvgIpc) is 1.94. The van der Waals surface area contributed by atoms with Gasteiger partial charge in [-0.15, -0.1) is 0 Å².